The van der Waals surface area contributed by atoms with Crippen molar-refractivity contribution in [2.45, 2.75) is 20.0 Å². The lowest BCUT2D eigenvalue weighted by molar-refractivity contribution is -0.192. The third-order valence-electron chi connectivity index (χ3n) is 2.12. The normalized spacial score (nSPS) is 11.2. The number of hydrogen-bond acceptors (Lipinski definition) is 3. The second kappa shape index (κ2) is 6.42. The molecule has 0 aliphatic heterocycles. The number of amides is 1. The molecule has 1 aromatic carbocycles. The van der Waals surface area contributed by atoms with Crippen LogP contribution in [0.5, 0.6) is 5.75 Å². The van der Waals surface area contributed by atoms with Crippen LogP contribution in [0.1, 0.15) is 11.1 Å². The molecule has 0 bridgehead atoms. The van der Waals surface area contributed by atoms with Gasteiger partial charge in [0.2, 0.25) is 0 Å². The highest BCUT2D eigenvalue weighted by molar-refractivity contribution is 5.76. The summed E-state index contributed by atoms with van der Waals surface area (Å²) in [6.45, 7) is 1.70. The van der Waals surface area contributed by atoms with Gasteiger partial charge in [0.05, 0.1) is 0 Å². The van der Waals surface area contributed by atoms with E-state index in [9.17, 15) is 18.0 Å². The fraction of sp³-hybridized carbons (Fsp3) is 0.417. The Balaban J connectivity index is 2.36. The monoisotopic (exact) mass is 277 g/mol. The van der Waals surface area contributed by atoms with Gasteiger partial charge in [-0.05, 0) is 31.0 Å². The topological polar surface area (TPSA) is 47.6 Å². The van der Waals surface area contributed by atoms with Crippen LogP contribution < -0.4 is 10.2 Å². The molecule has 1 aromatic rings. The Morgan fingerprint density at radius 3 is 2.63 bits per heavy atom. The molecule has 1 rings (SSSR count). The molecule has 0 heterocycles. The average molecular weight is 277 g/mol. The largest absolute Gasteiger partial charge is 0.483 e. The van der Waals surface area contributed by atoms with Crippen molar-refractivity contribution in [2.24, 2.45) is 0 Å². The first-order valence-corrected chi connectivity index (χ1v) is 5.45. The van der Waals surface area contributed by atoms with Gasteiger partial charge in [-0.1, -0.05) is 12.1 Å². The van der Waals surface area contributed by atoms with Crippen LogP contribution in [0.25, 0.3) is 0 Å². The van der Waals surface area contributed by atoms with Crippen LogP contribution in [0, 0.1) is 13.8 Å². The molecule has 0 aliphatic rings. The van der Waals surface area contributed by atoms with Crippen LogP contribution >= 0.6 is 0 Å². The molecule has 4 nitrogen and oxygen atoms in total. The summed E-state index contributed by atoms with van der Waals surface area (Å²) >= 11 is 0. The van der Waals surface area contributed by atoms with Crippen LogP contribution in [-0.2, 0) is 9.63 Å². The predicted molar refractivity (Wildman–Crippen MR) is 61.6 cm³/mol. The molecule has 0 fully saturated rings. The summed E-state index contributed by atoms with van der Waals surface area (Å²) in [5.74, 6) is -0.281. The number of nitrogens with one attached hydrogen (secondary N) is 1. The Morgan fingerprint density at radius 1 is 1.32 bits per heavy atom. The third kappa shape index (κ3) is 6.10. The van der Waals surface area contributed by atoms with E-state index in [0.29, 0.717) is 5.75 Å². The van der Waals surface area contributed by atoms with Crippen molar-refractivity contribution < 1.29 is 27.5 Å². The number of aryl methyl sites for hydroxylation is 2. The Kier molecular flexibility index (Phi) is 5.17. The zero-order valence-corrected chi connectivity index (χ0v) is 10.5. The lowest BCUT2D eigenvalue weighted by Gasteiger charge is -2.11. The van der Waals surface area contributed by atoms with Crippen LogP contribution in [-0.4, -0.2) is 25.3 Å². The van der Waals surface area contributed by atoms with E-state index >= 15 is 0 Å². The van der Waals surface area contributed by atoms with Crippen molar-refractivity contribution in [2.75, 3.05) is 13.2 Å². The molecule has 0 radical (unpaired) electrons. The number of benzene rings is 1. The SMILES string of the molecule is Cc1ccc(C)c(OCC(=O)NOCC(F)(F)F)c1. The molecular formula is C12H14F3NO3. The molecule has 0 aromatic heterocycles. The Bertz CT molecular complexity index is 446. The zero-order valence-electron chi connectivity index (χ0n) is 10.5. The number of hydrogen-bond donors (Lipinski definition) is 1. The fourth-order valence-electron chi connectivity index (χ4n) is 1.23. The number of ether oxygens (including phenoxy) is 1. The second-order valence-corrected chi connectivity index (χ2v) is 3.99. The Morgan fingerprint density at radius 2 is 2.00 bits per heavy atom. The number of rotatable bonds is 5. The van der Waals surface area contributed by atoms with Gasteiger partial charge in [-0.2, -0.15) is 13.2 Å². The minimum absolute atomic E-state index is 0.415. The summed E-state index contributed by atoms with van der Waals surface area (Å²) in [5, 5.41) is 0. The molecule has 1 N–H and O–H groups in total. The first kappa shape index (κ1) is 15.3. The van der Waals surface area contributed by atoms with Gasteiger partial charge in [-0.15, -0.1) is 0 Å². The maximum Gasteiger partial charge on any atom is 0.414 e. The molecular weight excluding hydrogens is 263 g/mol. The quantitative estimate of drug-likeness (QED) is 0.840. The number of alkyl halides is 3. The molecule has 7 heteroatoms. The average Bonchev–Trinajstić information content (AvgIpc) is 2.28. The van der Waals surface area contributed by atoms with Gasteiger partial charge in [0.25, 0.3) is 5.91 Å². The fourth-order valence-corrected chi connectivity index (χ4v) is 1.23. The van der Waals surface area contributed by atoms with Gasteiger partial charge in [0.15, 0.2) is 13.2 Å². The van der Waals surface area contributed by atoms with E-state index in [1.807, 2.05) is 19.1 Å². The molecule has 106 valence electrons. The van der Waals surface area contributed by atoms with Gasteiger partial charge in [-0.3, -0.25) is 9.63 Å². The molecule has 19 heavy (non-hydrogen) atoms. The maximum atomic E-state index is 11.7. The summed E-state index contributed by atoms with van der Waals surface area (Å²) in [4.78, 5) is 15.2. The van der Waals surface area contributed by atoms with E-state index < -0.39 is 25.3 Å². The lowest BCUT2D eigenvalue weighted by Crippen LogP contribution is -2.32. The van der Waals surface area contributed by atoms with Crippen molar-refractivity contribution >= 4 is 5.91 Å². The first-order chi connectivity index (χ1) is 8.78. The predicted octanol–water partition coefficient (Wildman–Crippen LogP) is 2.29. The van der Waals surface area contributed by atoms with E-state index in [1.165, 1.54) is 0 Å². The summed E-state index contributed by atoms with van der Waals surface area (Å²) in [6.07, 6.45) is -4.48. The second-order valence-electron chi connectivity index (χ2n) is 3.99. The van der Waals surface area contributed by atoms with Gasteiger partial charge in [0.1, 0.15) is 5.75 Å². The Hall–Kier alpha value is -1.76. The van der Waals surface area contributed by atoms with E-state index in [-0.39, 0.29) is 0 Å². The van der Waals surface area contributed by atoms with E-state index in [2.05, 4.69) is 4.84 Å². The molecule has 0 spiro atoms. The maximum absolute atomic E-state index is 11.7. The third-order valence-corrected chi connectivity index (χ3v) is 2.12. The summed E-state index contributed by atoms with van der Waals surface area (Å²) in [7, 11) is 0. The molecule has 0 aliphatic carbocycles. The molecule has 0 saturated carbocycles. The van der Waals surface area contributed by atoms with E-state index in [1.54, 1.807) is 18.5 Å². The van der Waals surface area contributed by atoms with Gasteiger partial charge >= 0.3 is 6.18 Å². The highest BCUT2D eigenvalue weighted by Crippen LogP contribution is 2.18. The molecule has 0 unspecified atom stereocenters. The summed E-state index contributed by atoms with van der Waals surface area (Å²) < 4.78 is 40.4. The van der Waals surface area contributed by atoms with Crippen molar-refractivity contribution in [3.63, 3.8) is 0 Å². The highest BCUT2D eigenvalue weighted by Gasteiger charge is 2.28. The van der Waals surface area contributed by atoms with Crippen LogP contribution in [0.4, 0.5) is 13.2 Å². The van der Waals surface area contributed by atoms with Crippen molar-refractivity contribution in [3.8, 4) is 5.75 Å². The summed E-state index contributed by atoms with van der Waals surface area (Å²) in [5.41, 5.74) is 3.44. The van der Waals surface area contributed by atoms with Gasteiger partial charge < -0.3 is 4.74 Å². The number of carbonyl (C=O) groups is 1. The van der Waals surface area contributed by atoms with Crippen LogP contribution in [0.15, 0.2) is 18.2 Å². The van der Waals surface area contributed by atoms with Crippen LogP contribution in [0.3, 0.4) is 0 Å². The summed E-state index contributed by atoms with van der Waals surface area (Å²) in [6, 6.07) is 5.44. The molecule has 0 atom stereocenters. The zero-order chi connectivity index (χ0) is 14.5. The first-order valence-electron chi connectivity index (χ1n) is 5.45. The van der Waals surface area contributed by atoms with E-state index in [0.717, 1.165) is 11.1 Å². The highest BCUT2D eigenvalue weighted by atomic mass is 19.4. The minimum Gasteiger partial charge on any atom is -0.483 e. The van der Waals surface area contributed by atoms with Crippen molar-refractivity contribution in [1.82, 2.24) is 5.48 Å². The molecule has 1 amide bonds. The van der Waals surface area contributed by atoms with Gasteiger partial charge in [0, 0.05) is 0 Å². The van der Waals surface area contributed by atoms with Crippen molar-refractivity contribution in [3.05, 3.63) is 29.3 Å². The van der Waals surface area contributed by atoms with Gasteiger partial charge in [-0.25, -0.2) is 5.48 Å². The lowest BCUT2D eigenvalue weighted by atomic mass is 10.1. The number of halogens is 3. The number of carbonyl (C=O) groups excluding carboxylic acids is 1. The smallest absolute Gasteiger partial charge is 0.414 e. The Labute approximate surface area is 108 Å². The molecule has 0 saturated heterocycles. The van der Waals surface area contributed by atoms with E-state index in [4.69, 9.17) is 4.74 Å². The standard InChI is InChI=1S/C12H14F3NO3/c1-8-3-4-9(2)10(5-8)18-6-11(17)16-19-7-12(13,14)15/h3-5H,6-7H2,1-2H3,(H,16,17). The van der Waals surface area contributed by atoms with Crippen LogP contribution in [0.2, 0.25) is 0 Å². The van der Waals surface area contributed by atoms with Crippen molar-refractivity contribution in [1.29, 1.82) is 0 Å². The number of hydroxylamine groups is 1. The minimum atomic E-state index is -4.48.